The Kier molecular flexibility index (Phi) is 7.08. The summed E-state index contributed by atoms with van der Waals surface area (Å²) >= 11 is 0. The predicted molar refractivity (Wildman–Crippen MR) is 139 cm³/mol. The van der Waals surface area contributed by atoms with Crippen LogP contribution in [0.4, 0.5) is 10.1 Å². The summed E-state index contributed by atoms with van der Waals surface area (Å²) in [5.41, 5.74) is 3.28. The normalized spacial score (nSPS) is 11.8. The summed E-state index contributed by atoms with van der Waals surface area (Å²) in [6, 6.07) is 18.7. The molecule has 0 aliphatic heterocycles. The van der Waals surface area contributed by atoms with Gasteiger partial charge in [-0.05, 0) is 54.7 Å². The largest absolute Gasteiger partial charge is 0.455 e. The van der Waals surface area contributed by atoms with E-state index in [1.165, 1.54) is 22.7 Å². The molecule has 0 radical (unpaired) electrons. The lowest BCUT2D eigenvalue weighted by molar-refractivity contribution is 0.112. The van der Waals surface area contributed by atoms with Crippen LogP contribution in [0.5, 0.6) is 0 Å². The highest BCUT2D eigenvalue weighted by molar-refractivity contribution is 7.92. The second-order valence-electron chi connectivity index (χ2n) is 9.07. The molecule has 0 spiro atoms. The molecule has 0 aliphatic carbocycles. The van der Waals surface area contributed by atoms with Crippen molar-refractivity contribution >= 4 is 33.0 Å². The minimum atomic E-state index is -3.60. The van der Waals surface area contributed by atoms with Gasteiger partial charge in [-0.2, -0.15) is 0 Å². The van der Waals surface area contributed by atoms with Gasteiger partial charge < -0.3 is 4.42 Å². The number of hydrogen-bond donors (Lipinski definition) is 0. The third-order valence-corrected chi connectivity index (χ3v) is 7.15. The van der Waals surface area contributed by atoms with Crippen LogP contribution in [0.25, 0.3) is 33.4 Å². The van der Waals surface area contributed by atoms with Crippen LogP contribution in [-0.4, -0.2) is 27.5 Å². The molecule has 1 heterocycles. The third-order valence-electron chi connectivity index (χ3n) is 5.97. The molecule has 182 valence electrons. The summed E-state index contributed by atoms with van der Waals surface area (Å²) in [6.07, 6.45) is 3.51. The quantitative estimate of drug-likeness (QED) is 0.237. The molecule has 0 aliphatic rings. The molecule has 4 aromatic rings. The number of halogens is 1. The minimum Gasteiger partial charge on any atom is -0.455 e. The Bertz CT molecular complexity index is 1440. The molecule has 0 N–H and O–H groups in total. The van der Waals surface area contributed by atoms with Gasteiger partial charge in [0.1, 0.15) is 17.2 Å². The third kappa shape index (κ3) is 5.30. The highest BCUT2D eigenvalue weighted by Gasteiger charge is 2.25. The summed E-state index contributed by atoms with van der Waals surface area (Å²) in [6.45, 7) is 4.54. The lowest BCUT2D eigenvalue weighted by Gasteiger charge is -2.25. The Balaban J connectivity index is 1.96. The Hall–Kier alpha value is -3.45. The zero-order chi connectivity index (χ0) is 25.2. The maximum absolute atomic E-state index is 13.5. The van der Waals surface area contributed by atoms with Crippen molar-refractivity contribution in [3.8, 4) is 22.5 Å². The molecule has 0 amide bonds. The van der Waals surface area contributed by atoms with Gasteiger partial charge in [0, 0.05) is 29.1 Å². The van der Waals surface area contributed by atoms with Crippen molar-refractivity contribution < 1.29 is 22.0 Å². The Morgan fingerprint density at radius 2 is 1.69 bits per heavy atom. The fourth-order valence-electron chi connectivity index (χ4n) is 4.25. The van der Waals surface area contributed by atoms with Gasteiger partial charge in [0.05, 0.1) is 17.5 Å². The molecule has 3 aromatic carbocycles. The number of aldehydes is 1. The average Bonchev–Trinajstić information content (AvgIpc) is 3.18. The number of benzene rings is 3. The Morgan fingerprint density at radius 1 is 1.00 bits per heavy atom. The first kappa shape index (κ1) is 24.7. The van der Waals surface area contributed by atoms with E-state index in [-0.39, 0.29) is 0 Å². The smallest absolute Gasteiger partial charge is 0.232 e. The number of anilines is 1. The molecule has 35 heavy (non-hydrogen) atoms. The van der Waals surface area contributed by atoms with Gasteiger partial charge in [-0.1, -0.05) is 44.2 Å². The van der Waals surface area contributed by atoms with E-state index >= 15 is 0 Å². The molecule has 4 rings (SSSR count). The zero-order valence-corrected chi connectivity index (χ0v) is 20.8. The van der Waals surface area contributed by atoms with Gasteiger partial charge in [-0.25, -0.2) is 12.8 Å². The lowest BCUT2D eigenvalue weighted by atomic mass is 9.99. The Morgan fingerprint density at radius 3 is 2.29 bits per heavy atom. The van der Waals surface area contributed by atoms with Crippen LogP contribution in [0.2, 0.25) is 0 Å². The SMILES string of the molecule is CC(C)CCCN(c1cc2oc(-c3ccc(F)cc3)c(C=O)c2cc1-c1ccccc1)S(C)(=O)=O. The van der Waals surface area contributed by atoms with E-state index in [1.54, 1.807) is 24.3 Å². The van der Waals surface area contributed by atoms with Crippen molar-refractivity contribution in [1.29, 1.82) is 0 Å². The fraction of sp³-hybridized carbons (Fsp3) is 0.250. The van der Waals surface area contributed by atoms with E-state index < -0.39 is 15.8 Å². The Labute approximate surface area is 205 Å². The van der Waals surface area contributed by atoms with E-state index in [0.717, 1.165) is 18.3 Å². The average molecular weight is 494 g/mol. The summed E-state index contributed by atoms with van der Waals surface area (Å²) in [7, 11) is -3.60. The number of carbonyl (C=O) groups is 1. The molecule has 0 saturated heterocycles. The minimum absolute atomic E-state index is 0.317. The molecule has 5 nitrogen and oxygen atoms in total. The van der Waals surface area contributed by atoms with Crippen LogP contribution >= 0.6 is 0 Å². The van der Waals surface area contributed by atoms with Gasteiger partial charge in [-0.3, -0.25) is 9.10 Å². The second kappa shape index (κ2) is 10.0. The maximum Gasteiger partial charge on any atom is 0.232 e. The topological polar surface area (TPSA) is 67.6 Å². The number of hydrogen-bond acceptors (Lipinski definition) is 4. The predicted octanol–water partition coefficient (Wildman–Crippen LogP) is 6.92. The summed E-state index contributed by atoms with van der Waals surface area (Å²) in [5.74, 6) is 0.374. The van der Waals surface area contributed by atoms with E-state index in [0.29, 0.717) is 58.0 Å². The zero-order valence-electron chi connectivity index (χ0n) is 20.0. The van der Waals surface area contributed by atoms with Crippen molar-refractivity contribution in [3.63, 3.8) is 0 Å². The van der Waals surface area contributed by atoms with Crippen molar-refractivity contribution in [2.75, 3.05) is 17.1 Å². The van der Waals surface area contributed by atoms with Gasteiger partial charge in [0.2, 0.25) is 10.0 Å². The maximum atomic E-state index is 13.5. The van der Waals surface area contributed by atoms with Gasteiger partial charge in [-0.15, -0.1) is 0 Å². The van der Waals surface area contributed by atoms with Crippen molar-refractivity contribution in [2.24, 2.45) is 5.92 Å². The number of fused-ring (bicyclic) bond motifs is 1. The van der Waals surface area contributed by atoms with Gasteiger partial charge >= 0.3 is 0 Å². The number of carbonyl (C=O) groups excluding carboxylic acids is 1. The summed E-state index contributed by atoms with van der Waals surface area (Å²) in [5, 5.41) is 0.567. The van der Waals surface area contributed by atoms with Gasteiger partial charge in [0.25, 0.3) is 0 Å². The van der Waals surface area contributed by atoms with Crippen molar-refractivity contribution in [2.45, 2.75) is 26.7 Å². The summed E-state index contributed by atoms with van der Waals surface area (Å²) < 4.78 is 46.8. The molecular weight excluding hydrogens is 465 g/mol. The molecule has 0 atom stereocenters. The van der Waals surface area contributed by atoms with Crippen LogP contribution in [0.15, 0.2) is 71.1 Å². The fourth-order valence-corrected chi connectivity index (χ4v) is 5.22. The number of nitrogens with zero attached hydrogens (tertiary/aromatic N) is 1. The first-order valence-electron chi connectivity index (χ1n) is 11.5. The van der Waals surface area contributed by atoms with Gasteiger partial charge in [0.15, 0.2) is 6.29 Å². The van der Waals surface area contributed by atoms with Crippen LogP contribution in [0.3, 0.4) is 0 Å². The van der Waals surface area contributed by atoms with Crippen LogP contribution in [-0.2, 0) is 10.0 Å². The molecule has 0 saturated carbocycles. The summed E-state index contributed by atoms with van der Waals surface area (Å²) in [4.78, 5) is 12.1. The first-order chi connectivity index (χ1) is 16.7. The first-order valence-corrected chi connectivity index (χ1v) is 13.4. The molecular formula is C28H28FNO4S. The van der Waals surface area contributed by atoms with Crippen molar-refractivity contribution in [1.82, 2.24) is 0 Å². The lowest BCUT2D eigenvalue weighted by Crippen LogP contribution is -2.31. The van der Waals surface area contributed by atoms with Crippen molar-refractivity contribution in [3.05, 3.63) is 78.1 Å². The van der Waals surface area contributed by atoms with Crippen LogP contribution in [0, 0.1) is 11.7 Å². The molecule has 0 unspecified atom stereocenters. The van der Waals surface area contributed by atoms with Crippen LogP contribution < -0.4 is 4.31 Å². The second-order valence-corrected chi connectivity index (χ2v) is 11.0. The van der Waals surface area contributed by atoms with E-state index in [1.807, 2.05) is 30.3 Å². The highest BCUT2D eigenvalue weighted by Crippen LogP contribution is 2.41. The molecule has 7 heteroatoms. The highest BCUT2D eigenvalue weighted by atomic mass is 32.2. The van der Waals surface area contributed by atoms with Crippen LogP contribution in [0.1, 0.15) is 37.0 Å². The van der Waals surface area contributed by atoms with E-state index in [9.17, 15) is 17.6 Å². The van der Waals surface area contributed by atoms with E-state index in [2.05, 4.69) is 13.8 Å². The molecule has 1 aromatic heterocycles. The molecule has 0 fully saturated rings. The number of sulfonamides is 1. The standard InChI is InChI=1S/C28H28FNO4S/c1-19(2)8-7-15-30(35(3,32)33)26-17-27-24(16-23(26)20-9-5-4-6-10-20)25(18-31)28(34-27)21-11-13-22(29)14-12-21/h4-6,9-14,16-19H,7-8,15H2,1-3H3. The molecule has 0 bridgehead atoms. The number of rotatable bonds is 9. The number of furan rings is 1. The monoisotopic (exact) mass is 493 g/mol. The van der Waals surface area contributed by atoms with E-state index in [4.69, 9.17) is 4.42 Å².